The predicted molar refractivity (Wildman–Crippen MR) is 110 cm³/mol. The Hall–Kier alpha value is -2.48. The summed E-state index contributed by atoms with van der Waals surface area (Å²) in [6.07, 6.45) is 4.64. The number of rotatable bonds is 6. The van der Waals surface area contributed by atoms with Crippen LogP contribution in [0.15, 0.2) is 42.5 Å². The first-order chi connectivity index (χ1) is 14.1. The number of carbonyl (C=O) groups excluding carboxylic acids is 1. The SMILES string of the molecule is N#C[C@@H]1C[C@@H](O)C(c2ccc3c(c2)CCC3O)C1CCCc1ccccc1C=O. The smallest absolute Gasteiger partial charge is 0.150 e. The first-order valence-electron chi connectivity index (χ1n) is 10.5. The second-order valence-electron chi connectivity index (χ2n) is 8.45. The second-order valence-corrected chi connectivity index (χ2v) is 8.45. The summed E-state index contributed by atoms with van der Waals surface area (Å²) in [4.78, 5) is 11.2. The first-order valence-corrected chi connectivity index (χ1v) is 10.5. The molecule has 3 unspecified atom stereocenters. The molecule has 29 heavy (non-hydrogen) atoms. The Labute approximate surface area is 171 Å². The molecule has 2 N–H and O–H groups in total. The molecule has 0 aromatic heterocycles. The molecule has 0 saturated heterocycles. The van der Waals surface area contributed by atoms with Crippen LogP contribution in [0.25, 0.3) is 0 Å². The molecule has 0 bridgehead atoms. The largest absolute Gasteiger partial charge is 0.392 e. The van der Waals surface area contributed by atoms with E-state index in [1.54, 1.807) is 0 Å². The van der Waals surface area contributed by atoms with Crippen LogP contribution in [0.1, 0.15) is 70.3 Å². The molecule has 1 saturated carbocycles. The molecule has 4 heteroatoms. The third-order valence-electron chi connectivity index (χ3n) is 6.82. The monoisotopic (exact) mass is 389 g/mol. The maximum absolute atomic E-state index is 11.2. The molecule has 2 aliphatic carbocycles. The van der Waals surface area contributed by atoms with Crippen molar-refractivity contribution in [2.75, 3.05) is 0 Å². The molecule has 150 valence electrons. The summed E-state index contributed by atoms with van der Waals surface area (Å²) in [5, 5.41) is 30.5. The number of fused-ring (bicyclic) bond motifs is 1. The highest BCUT2D eigenvalue weighted by molar-refractivity contribution is 5.77. The number of benzene rings is 2. The van der Waals surface area contributed by atoms with Crippen molar-refractivity contribution in [1.29, 1.82) is 5.26 Å². The van der Waals surface area contributed by atoms with Gasteiger partial charge in [0.25, 0.3) is 0 Å². The first kappa shape index (κ1) is 19.8. The minimum Gasteiger partial charge on any atom is -0.392 e. The minimum absolute atomic E-state index is 0.0518. The topological polar surface area (TPSA) is 81.3 Å². The van der Waals surface area contributed by atoms with Crippen LogP contribution in [0.5, 0.6) is 0 Å². The average Bonchev–Trinajstić information content (AvgIpc) is 3.27. The Kier molecular flexibility index (Phi) is 5.80. The number of aldehydes is 1. The molecule has 1 fully saturated rings. The summed E-state index contributed by atoms with van der Waals surface area (Å²) in [5.41, 5.74) is 5.02. The van der Waals surface area contributed by atoms with Crippen molar-refractivity contribution in [3.05, 3.63) is 70.3 Å². The number of aryl methyl sites for hydroxylation is 2. The van der Waals surface area contributed by atoms with Gasteiger partial charge in [-0.3, -0.25) is 4.79 Å². The van der Waals surface area contributed by atoms with E-state index < -0.39 is 6.10 Å². The van der Waals surface area contributed by atoms with E-state index in [1.807, 2.05) is 36.4 Å². The maximum Gasteiger partial charge on any atom is 0.150 e. The molecular weight excluding hydrogens is 362 g/mol. The Morgan fingerprint density at radius 1 is 1.17 bits per heavy atom. The van der Waals surface area contributed by atoms with Crippen LogP contribution in [0, 0.1) is 23.2 Å². The number of carbonyl (C=O) groups is 1. The van der Waals surface area contributed by atoms with E-state index in [4.69, 9.17) is 0 Å². The zero-order valence-electron chi connectivity index (χ0n) is 16.5. The van der Waals surface area contributed by atoms with Gasteiger partial charge in [-0.15, -0.1) is 0 Å². The van der Waals surface area contributed by atoms with E-state index in [9.17, 15) is 20.3 Å². The molecule has 2 aromatic carbocycles. The highest BCUT2D eigenvalue weighted by Gasteiger charge is 2.43. The normalized spacial score (nSPS) is 28.1. The molecule has 0 radical (unpaired) electrons. The van der Waals surface area contributed by atoms with Gasteiger partial charge in [-0.25, -0.2) is 0 Å². The summed E-state index contributed by atoms with van der Waals surface area (Å²) >= 11 is 0. The Bertz CT molecular complexity index is 932. The number of nitriles is 1. The van der Waals surface area contributed by atoms with Gasteiger partial charge < -0.3 is 10.2 Å². The van der Waals surface area contributed by atoms with Gasteiger partial charge in [0, 0.05) is 11.5 Å². The summed E-state index contributed by atoms with van der Waals surface area (Å²) in [6.45, 7) is 0. The fourth-order valence-corrected chi connectivity index (χ4v) is 5.34. The molecule has 0 heterocycles. The summed E-state index contributed by atoms with van der Waals surface area (Å²) < 4.78 is 0. The fourth-order valence-electron chi connectivity index (χ4n) is 5.34. The number of nitrogens with zero attached hydrogens (tertiary/aromatic N) is 1. The molecule has 4 nitrogen and oxygen atoms in total. The maximum atomic E-state index is 11.2. The van der Waals surface area contributed by atoms with Gasteiger partial charge in [0.05, 0.1) is 24.2 Å². The summed E-state index contributed by atoms with van der Waals surface area (Å²) in [5.74, 6) is -0.109. The van der Waals surface area contributed by atoms with Gasteiger partial charge in [0.2, 0.25) is 0 Å². The van der Waals surface area contributed by atoms with E-state index in [1.165, 1.54) is 5.56 Å². The van der Waals surface area contributed by atoms with Crippen LogP contribution in [0.3, 0.4) is 0 Å². The third-order valence-corrected chi connectivity index (χ3v) is 6.82. The molecule has 5 atom stereocenters. The van der Waals surface area contributed by atoms with Gasteiger partial charge >= 0.3 is 0 Å². The van der Waals surface area contributed by atoms with Crippen LogP contribution < -0.4 is 0 Å². The van der Waals surface area contributed by atoms with Crippen molar-refractivity contribution < 1.29 is 15.0 Å². The number of aliphatic hydroxyl groups excluding tert-OH is 2. The highest BCUT2D eigenvalue weighted by Crippen LogP contribution is 2.47. The van der Waals surface area contributed by atoms with Gasteiger partial charge in [0.1, 0.15) is 6.29 Å². The van der Waals surface area contributed by atoms with Gasteiger partial charge in [0.15, 0.2) is 0 Å². The molecule has 2 aliphatic rings. The van der Waals surface area contributed by atoms with Crippen molar-refractivity contribution in [2.45, 2.75) is 56.7 Å². The zero-order chi connectivity index (χ0) is 20.4. The second kappa shape index (κ2) is 8.49. The van der Waals surface area contributed by atoms with E-state index in [0.717, 1.165) is 60.6 Å². The average molecular weight is 389 g/mol. The van der Waals surface area contributed by atoms with E-state index in [0.29, 0.717) is 6.42 Å². The van der Waals surface area contributed by atoms with Crippen molar-refractivity contribution in [1.82, 2.24) is 0 Å². The van der Waals surface area contributed by atoms with Gasteiger partial charge in [-0.1, -0.05) is 42.5 Å². The lowest BCUT2D eigenvalue weighted by Gasteiger charge is -2.24. The lowest BCUT2D eigenvalue weighted by atomic mass is 9.80. The molecule has 4 rings (SSSR count). The van der Waals surface area contributed by atoms with E-state index in [2.05, 4.69) is 12.1 Å². The molecule has 0 amide bonds. The molecule has 0 spiro atoms. The number of aliphatic hydroxyl groups is 2. The predicted octanol–water partition coefficient (Wildman–Crippen LogP) is 4.11. The van der Waals surface area contributed by atoms with Crippen LogP contribution in [-0.2, 0) is 12.8 Å². The summed E-state index contributed by atoms with van der Waals surface area (Å²) in [6, 6.07) is 16.2. The van der Waals surface area contributed by atoms with Crippen LogP contribution in [0.2, 0.25) is 0 Å². The van der Waals surface area contributed by atoms with Crippen LogP contribution >= 0.6 is 0 Å². The molecular formula is C25H27NO3. The highest BCUT2D eigenvalue weighted by atomic mass is 16.3. The fraction of sp³-hybridized carbons (Fsp3) is 0.440. The molecule has 0 aliphatic heterocycles. The van der Waals surface area contributed by atoms with Crippen LogP contribution in [0.4, 0.5) is 0 Å². The van der Waals surface area contributed by atoms with Gasteiger partial charge in [-0.2, -0.15) is 5.26 Å². The lowest BCUT2D eigenvalue weighted by molar-refractivity contribution is 0.112. The van der Waals surface area contributed by atoms with E-state index in [-0.39, 0.29) is 23.9 Å². The number of hydrogen-bond acceptors (Lipinski definition) is 4. The van der Waals surface area contributed by atoms with Crippen molar-refractivity contribution in [3.63, 3.8) is 0 Å². The lowest BCUT2D eigenvalue weighted by Crippen LogP contribution is -2.19. The standard InChI is InChI=1S/C25H27NO3/c26-14-20-13-24(29)25(18-8-10-21-17(12-18)9-11-23(21)28)22(20)7-3-6-16-4-1-2-5-19(16)15-27/h1-2,4-5,8,10,12,15,20,22-25,28-29H,3,6-7,9,11,13H2/t20-,22?,23?,24+,25?/m0/s1. The third kappa shape index (κ3) is 3.85. The van der Waals surface area contributed by atoms with E-state index >= 15 is 0 Å². The van der Waals surface area contributed by atoms with Crippen molar-refractivity contribution >= 4 is 6.29 Å². The van der Waals surface area contributed by atoms with Crippen LogP contribution in [-0.4, -0.2) is 22.6 Å². The summed E-state index contributed by atoms with van der Waals surface area (Å²) in [7, 11) is 0. The Balaban J connectivity index is 1.52. The quantitative estimate of drug-likeness (QED) is 0.729. The minimum atomic E-state index is -0.517. The van der Waals surface area contributed by atoms with Crippen molar-refractivity contribution in [2.24, 2.45) is 11.8 Å². The van der Waals surface area contributed by atoms with Crippen molar-refractivity contribution in [3.8, 4) is 6.07 Å². The molecule has 2 aromatic rings. The Morgan fingerprint density at radius 3 is 2.79 bits per heavy atom. The Morgan fingerprint density at radius 2 is 2.00 bits per heavy atom. The van der Waals surface area contributed by atoms with Gasteiger partial charge in [-0.05, 0) is 66.7 Å². The number of hydrogen-bond donors (Lipinski definition) is 2. The zero-order valence-corrected chi connectivity index (χ0v) is 16.5.